The first kappa shape index (κ1) is 14.0. The van der Waals surface area contributed by atoms with Crippen LogP contribution in [0.2, 0.25) is 0 Å². The van der Waals surface area contributed by atoms with Crippen LogP contribution in [-0.4, -0.2) is 35.7 Å². The smallest absolute Gasteiger partial charge is 0.311 e. The third-order valence-corrected chi connectivity index (χ3v) is 4.18. The number of hydrogen-bond acceptors (Lipinski definition) is 4. The van der Waals surface area contributed by atoms with Crippen molar-refractivity contribution in [3.63, 3.8) is 0 Å². The molecule has 0 bridgehead atoms. The highest BCUT2D eigenvalue weighted by molar-refractivity contribution is 6.10. The molecule has 0 aromatic heterocycles. The molecule has 1 amide bonds. The molecule has 2 aliphatic rings. The van der Waals surface area contributed by atoms with Gasteiger partial charge in [0.15, 0.2) is 0 Å². The van der Waals surface area contributed by atoms with Crippen molar-refractivity contribution >= 4 is 17.6 Å². The van der Waals surface area contributed by atoms with E-state index in [1.807, 2.05) is 0 Å². The molecule has 0 spiro atoms. The molecule has 1 atom stereocenters. The number of carbonyl (C=O) groups is 2. The van der Waals surface area contributed by atoms with Crippen LogP contribution < -0.4 is 0 Å². The van der Waals surface area contributed by atoms with Crippen LogP contribution in [0.4, 0.5) is 0 Å². The van der Waals surface area contributed by atoms with Gasteiger partial charge in [0, 0.05) is 0 Å². The summed E-state index contributed by atoms with van der Waals surface area (Å²) in [7, 11) is 1.35. The average Bonchev–Trinajstić information content (AvgIpc) is 2.69. The first-order chi connectivity index (χ1) is 8.94. The summed E-state index contributed by atoms with van der Waals surface area (Å²) in [6.45, 7) is 4.38. The zero-order valence-corrected chi connectivity index (χ0v) is 11.9. The Balaban J connectivity index is 2.11. The lowest BCUT2D eigenvalue weighted by atomic mass is 9.73. The third-order valence-electron chi connectivity index (χ3n) is 4.18. The van der Waals surface area contributed by atoms with Crippen LogP contribution in [0.5, 0.6) is 0 Å². The number of hydrogen-bond donors (Lipinski definition) is 0. The third kappa shape index (κ3) is 2.96. The van der Waals surface area contributed by atoms with Gasteiger partial charge in [-0.15, -0.1) is 0 Å². The number of methoxy groups -OCH3 is 1. The van der Waals surface area contributed by atoms with E-state index in [0.717, 1.165) is 19.3 Å². The molecule has 19 heavy (non-hydrogen) atoms. The number of esters is 1. The molecule has 1 saturated carbocycles. The predicted molar refractivity (Wildman–Crippen MR) is 71.6 cm³/mol. The van der Waals surface area contributed by atoms with Gasteiger partial charge in [0.1, 0.15) is 0 Å². The fourth-order valence-electron chi connectivity index (χ4n) is 3.01. The van der Waals surface area contributed by atoms with E-state index in [0.29, 0.717) is 5.71 Å². The second-order valence-corrected chi connectivity index (χ2v) is 6.08. The van der Waals surface area contributed by atoms with E-state index < -0.39 is 0 Å². The van der Waals surface area contributed by atoms with Crippen molar-refractivity contribution in [2.24, 2.45) is 10.5 Å². The fraction of sp³-hybridized carbons (Fsp3) is 0.786. The van der Waals surface area contributed by atoms with Crippen molar-refractivity contribution in [3.05, 3.63) is 0 Å². The van der Waals surface area contributed by atoms with E-state index in [9.17, 15) is 9.59 Å². The van der Waals surface area contributed by atoms with Crippen molar-refractivity contribution < 1.29 is 14.3 Å². The van der Waals surface area contributed by atoms with Crippen molar-refractivity contribution in [2.45, 2.75) is 58.4 Å². The molecule has 0 aromatic rings. The molecule has 0 saturated heterocycles. The quantitative estimate of drug-likeness (QED) is 0.735. The van der Waals surface area contributed by atoms with Crippen molar-refractivity contribution in [2.75, 3.05) is 7.11 Å². The van der Waals surface area contributed by atoms with E-state index in [-0.39, 0.29) is 36.2 Å². The Morgan fingerprint density at radius 3 is 2.84 bits per heavy atom. The number of carbonyl (C=O) groups excluding carboxylic acids is 2. The zero-order chi connectivity index (χ0) is 14.0. The molecule has 1 fully saturated rings. The molecule has 1 unspecified atom stereocenters. The molecule has 2 rings (SSSR count). The van der Waals surface area contributed by atoms with Crippen LogP contribution in [0.25, 0.3) is 0 Å². The number of nitrogens with zero attached hydrogens (tertiary/aromatic N) is 2. The highest BCUT2D eigenvalue weighted by atomic mass is 16.5. The zero-order valence-electron chi connectivity index (χ0n) is 11.9. The second kappa shape index (κ2) is 5.31. The molecule has 106 valence electrons. The highest BCUT2D eigenvalue weighted by Gasteiger charge is 2.41. The standard InChI is InChI=1S/C14H22N2O3/c1-14(2)7-5-4-6-11(14)16-12(17)8-10(15-16)9-13(18)19-3/h11H,4-9H2,1-3H3. The Kier molecular flexibility index (Phi) is 3.92. The molecule has 1 aliphatic carbocycles. The summed E-state index contributed by atoms with van der Waals surface area (Å²) < 4.78 is 4.62. The number of hydrazone groups is 1. The Morgan fingerprint density at radius 1 is 1.47 bits per heavy atom. The molecule has 0 aromatic carbocycles. The number of amides is 1. The Morgan fingerprint density at radius 2 is 2.21 bits per heavy atom. The maximum atomic E-state index is 12.1. The molecule has 5 nitrogen and oxygen atoms in total. The summed E-state index contributed by atoms with van der Waals surface area (Å²) in [6.07, 6.45) is 4.83. The molecule has 0 N–H and O–H groups in total. The SMILES string of the molecule is COC(=O)CC1=NN(C2CCCCC2(C)C)C(=O)C1. The van der Waals surface area contributed by atoms with Crippen LogP contribution in [0.15, 0.2) is 5.10 Å². The largest absolute Gasteiger partial charge is 0.469 e. The van der Waals surface area contributed by atoms with Crippen LogP contribution in [0, 0.1) is 5.41 Å². The summed E-state index contributed by atoms with van der Waals surface area (Å²) in [5.74, 6) is -0.324. The van der Waals surface area contributed by atoms with E-state index in [1.165, 1.54) is 13.5 Å². The van der Waals surface area contributed by atoms with Crippen molar-refractivity contribution in [1.29, 1.82) is 0 Å². The first-order valence-corrected chi connectivity index (χ1v) is 6.89. The van der Waals surface area contributed by atoms with Gasteiger partial charge in [-0.05, 0) is 18.3 Å². The summed E-state index contributed by atoms with van der Waals surface area (Å²) in [6, 6.07) is 0.156. The van der Waals surface area contributed by atoms with E-state index in [4.69, 9.17) is 0 Å². The molecular weight excluding hydrogens is 244 g/mol. The lowest BCUT2D eigenvalue weighted by Crippen LogP contribution is -2.45. The van der Waals surface area contributed by atoms with Crippen LogP contribution in [-0.2, 0) is 14.3 Å². The lowest BCUT2D eigenvalue weighted by molar-refractivity contribution is -0.139. The highest BCUT2D eigenvalue weighted by Crippen LogP contribution is 2.40. The van der Waals surface area contributed by atoms with Gasteiger partial charge in [-0.1, -0.05) is 26.7 Å². The Labute approximate surface area is 114 Å². The minimum absolute atomic E-state index is 0.0129. The van der Waals surface area contributed by atoms with E-state index in [2.05, 4.69) is 23.7 Å². The van der Waals surface area contributed by atoms with Gasteiger partial charge in [-0.2, -0.15) is 5.10 Å². The second-order valence-electron chi connectivity index (χ2n) is 6.08. The van der Waals surface area contributed by atoms with Crippen molar-refractivity contribution in [1.82, 2.24) is 5.01 Å². The first-order valence-electron chi connectivity index (χ1n) is 6.89. The maximum absolute atomic E-state index is 12.1. The molecule has 1 heterocycles. The van der Waals surface area contributed by atoms with Gasteiger partial charge < -0.3 is 4.74 Å². The van der Waals surface area contributed by atoms with Gasteiger partial charge in [0.05, 0.1) is 31.7 Å². The van der Waals surface area contributed by atoms with Crippen molar-refractivity contribution in [3.8, 4) is 0 Å². The Bertz CT molecular complexity index is 415. The molecule has 5 heteroatoms. The molecular formula is C14H22N2O3. The minimum atomic E-state index is -0.337. The van der Waals surface area contributed by atoms with E-state index in [1.54, 1.807) is 5.01 Å². The number of ether oxygens (including phenoxy) is 1. The van der Waals surface area contributed by atoms with E-state index >= 15 is 0 Å². The summed E-state index contributed by atoms with van der Waals surface area (Å²) in [5.41, 5.74) is 0.719. The molecule has 0 radical (unpaired) electrons. The van der Waals surface area contributed by atoms with Crippen LogP contribution in [0.3, 0.4) is 0 Å². The van der Waals surface area contributed by atoms with Gasteiger partial charge in [-0.25, -0.2) is 5.01 Å². The summed E-state index contributed by atoms with van der Waals surface area (Å²) in [4.78, 5) is 23.4. The average molecular weight is 266 g/mol. The van der Waals surface area contributed by atoms with Gasteiger partial charge >= 0.3 is 5.97 Å². The van der Waals surface area contributed by atoms with Crippen LogP contribution in [0.1, 0.15) is 52.4 Å². The number of rotatable bonds is 3. The summed E-state index contributed by atoms with van der Waals surface area (Å²) in [5, 5.41) is 6.00. The topological polar surface area (TPSA) is 59.0 Å². The van der Waals surface area contributed by atoms with Gasteiger partial charge in [-0.3, -0.25) is 9.59 Å². The fourth-order valence-corrected chi connectivity index (χ4v) is 3.01. The Hall–Kier alpha value is -1.39. The van der Waals surface area contributed by atoms with Gasteiger partial charge in [0.25, 0.3) is 0 Å². The lowest BCUT2D eigenvalue weighted by Gasteiger charge is -2.41. The normalized spacial score (nSPS) is 26.3. The van der Waals surface area contributed by atoms with Crippen LogP contribution >= 0.6 is 0 Å². The van der Waals surface area contributed by atoms with Gasteiger partial charge in [0.2, 0.25) is 5.91 Å². The monoisotopic (exact) mass is 266 g/mol. The summed E-state index contributed by atoms with van der Waals surface area (Å²) >= 11 is 0. The molecule has 1 aliphatic heterocycles. The maximum Gasteiger partial charge on any atom is 0.311 e. The predicted octanol–water partition coefficient (Wildman–Crippen LogP) is 2.11. The minimum Gasteiger partial charge on any atom is -0.469 e.